The number of nitrogens with zero attached hydrogens (tertiary/aromatic N) is 4. The molecular formula is C35H57N5O5. The monoisotopic (exact) mass is 627 g/mol. The number of furan rings is 1. The van der Waals surface area contributed by atoms with Crippen LogP contribution in [0.1, 0.15) is 93.3 Å². The van der Waals surface area contributed by atoms with Crippen molar-refractivity contribution in [3.05, 3.63) is 35.8 Å². The quantitative estimate of drug-likeness (QED) is 0.364. The van der Waals surface area contributed by atoms with Crippen LogP contribution >= 0.6 is 0 Å². The van der Waals surface area contributed by atoms with Crippen molar-refractivity contribution < 1.29 is 23.6 Å². The van der Waals surface area contributed by atoms with Gasteiger partial charge in [-0.25, -0.2) is 0 Å². The van der Waals surface area contributed by atoms with Gasteiger partial charge in [-0.15, -0.1) is 0 Å². The summed E-state index contributed by atoms with van der Waals surface area (Å²) >= 11 is 0. The van der Waals surface area contributed by atoms with E-state index < -0.39 is 17.5 Å². The number of likely N-dealkylation sites (tertiary alicyclic amines) is 2. The Morgan fingerprint density at radius 3 is 2.27 bits per heavy atom. The number of hydrogen-bond acceptors (Lipinski definition) is 6. The average Bonchev–Trinajstić information content (AvgIpc) is 3.68. The highest BCUT2D eigenvalue weighted by atomic mass is 16.3. The molecule has 2 aliphatic heterocycles. The van der Waals surface area contributed by atoms with Crippen molar-refractivity contribution in [3.63, 3.8) is 0 Å². The maximum atomic E-state index is 14.1. The predicted molar refractivity (Wildman–Crippen MR) is 176 cm³/mol. The number of piperidine rings is 1. The molecule has 1 N–H and O–H groups in total. The smallest absolute Gasteiger partial charge is 0.249 e. The van der Waals surface area contributed by atoms with Gasteiger partial charge in [-0.1, -0.05) is 47.1 Å². The molecule has 3 heterocycles. The van der Waals surface area contributed by atoms with Gasteiger partial charge in [-0.3, -0.25) is 24.1 Å². The maximum absolute atomic E-state index is 14.1. The number of carbonyl (C=O) groups excluding carboxylic acids is 4. The van der Waals surface area contributed by atoms with Crippen LogP contribution in [-0.4, -0.2) is 101 Å². The fraction of sp³-hybridized carbons (Fsp3) is 0.714. The van der Waals surface area contributed by atoms with Crippen LogP contribution in [-0.2, 0) is 25.7 Å². The van der Waals surface area contributed by atoms with Crippen molar-refractivity contribution in [2.45, 2.75) is 124 Å². The zero-order valence-electron chi connectivity index (χ0n) is 29.3. The second-order valence-corrected chi connectivity index (χ2v) is 14.6. The van der Waals surface area contributed by atoms with Gasteiger partial charge in [0.05, 0.1) is 24.9 Å². The maximum Gasteiger partial charge on any atom is 0.249 e. The van der Waals surface area contributed by atoms with Crippen molar-refractivity contribution in [1.82, 2.24) is 24.9 Å². The second-order valence-electron chi connectivity index (χ2n) is 14.6. The first-order valence-corrected chi connectivity index (χ1v) is 16.6. The normalized spacial score (nSPS) is 21.2. The minimum absolute atomic E-state index is 0.00299. The summed E-state index contributed by atoms with van der Waals surface area (Å²) in [7, 11) is 3.47. The molecule has 1 aromatic rings. The molecule has 2 saturated heterocycles. The van der Waals surface area contributed by atoms with Gasteiger partial charge in [-0.05, 0) is 76.5 Å². The fourth-order valence-corrected chi connectivity index (χ4v) is 6.63. The van der Waals surface area contributed by atoms with Crippen LogP contribution in [0.15, 0.2) is 34.5 Å². The van der Waals surface area contributed by atoms with Crippen LogP contribution in [0.5, 0.6) is 0 Å². The Morgan fingerprint density at radius 2 is 1.69 bits per heavy atom. The Morgan fingerprint density at radius 1 is 1.02 bits per heavy atom. The fourth-order valence-electron chi connectivity index (χ4n) is 6.63. The van der Waals surface area contributed by atoms with Crippen LogP contribution in [0, 0.1) is 11.3 Å². The van der Waals surface area contributed by atoms with E-state index in [1.165, 1.54) is 0 Å². The Bertz CT molecular complexity index is 1200. The number of amides is 4. The van der Waals surface area contributed by atoms with E-state index in [0.717, 1.165) is 32.2 Å². The molecular weight excluding hydrogens is 570 g/mol. The molecule has 1 unspecified atom stereocenters. The molecule has 2 fully saturated rings. The topological polar surface area (TPSA) is 106 Å². The average molecular weight is 628 g/mol. The molecule has 4 amide bonds. The van der Waals surface area contributed by atoms with E-state index in [0.29, 0.717) is 30.8 Å². The first-order valence-electron chi connectivity index (χ1n) is 16.6. The first kappa shape index (κ1) is 36.3. The van der Waals surface area contributed by atoms with Crippen LogP contribution in [0.25, 0.3) is 0 Å². The molecule has 10 nitrogen and oxygen atoms in total. The minimum atomic E-state index is -0.734. The Labute approximate surface area is 270 Å². The van der Waals surface area contributed by atoms with E-state index in [9.17, 15) is 19.2 Å². The minimum Gasteiger partial charge on any atom is -0.467 e. The highest BCUT2D eigenvalue weighted by molar-refractivity contribution is 5.97. The summed E-state index contributed by atoms with van der Waals surface area (Å²) in [6.45, 7) is 17.6. The Hall–Kier alpha value is -3.14. The lowest BCUT2D eigenvalue weighted by Crippen LogP contribution is -2.60. The summed E-state index contributed by atoms with van der Waals surface area (Å²) in [5.41, 5.74) is -0.0351. The zero-order valence-corrected chi connectivity index (χ0v) is 29.3. The third kappa shape index (κ3) is 8.99. The van der Waals surface area contributed by atoms with Gasteiger partial charge in [0.25, 0.3) is 0 Å². The van der Waals surface area contributed by atoms with Crippen LogP contribution < -0.4 is 5.32 Å². The summed E-state index contributed by atoms with van der Waals surface area (Å²) in [4.78, 5) is 62.0. The highest BCUT2D eigenvalue weighted by Crippen LogP contribution is 2.27. The van der Waals surface area contributed by atoms with Crippen LogP contribution in [0.2, 0.25) is 0 Å². The van der Waals surface area contributed by atoms with Crippen molar-refractivity contribution in [2.75, 3.05) is 27.2 Å². The molecule has 45 heavy (non-hydrogen) atoms. The van der Waals surface area contributed by atoms with Gasteiger partial charge in [0.15, 0.2) is 0 Å². The lowest BCUT2D eigenvalue weighted by Gasteiger charge is -2.41. The molecule has 3 rings (SSSR count). The van der Waals surface area contributed by atoms with Gasteiger partial charge >= 0.3 is 0 Å². The van der Waals surface area contributed by atoms with Crippen molar-refractivity contribution in [2.24, 2.45) is 11.3 Å². The van der Waals surface area contributed by atoms with Crippen molar-refractivity contribution >= 4 is 23.6 Å². The second kappa shape index (κ2) is 15.4. The predicted octanol–water partition coefficient (Wildman–Crippen LogP) is 4.45. The number of likely N-dealkylation sites (N-methyl/N-ethyl adjacent to an activating group) is 2. The van der Waals surface area contributed by atoms with E-state index >= 15 is 0 Å². The lowest BCUT2D eigenvalue weighted by atomic mass is 9.84. The van der Waals surface area contributed by atoms with Crippen molar-refractivity contribution in [3.8, 4) is 0 Å². The number of carbonyl (C=O) groups is 4. The molecule has 4 atom stereocenters. The summed E-state index contributed by atoms with van der Waals surface area (Å²) in [6, 6.07) is 1.94. The van der Waals surface area contributed by atoms with E-state index in [4.69, 9.17) is 4.42 Å². The SMILES string of the molecule is C/C(=C\[C@H](C(C)C)N(C)C(=O)[C@@H](NC(=O)C1CCCCN1C(C)C)C(C)(C)C)C(=O)N1CCC[C@H]1C(=O)N(C)Cc1ccco1. The lowest BCUT2D eigenvalue weighted by molar-refractivity contribution is -0.142. The molecule has 0 saturated carbocycles. The molecule has 252 valence electrons. The summed E-state index contributed by atoms with van der Waals surface area (Å²) in [5, 5.41) is 3.13. The van der Waals surface area contributed by atoms with Gasteiger partial charge in [0.2, 0.25) is 23.6 Å². The number of rotatable bonds is 11. The van der Waals surface area contributed by atoms with Crippen LogP contribution in [0.3, 0.4) is 0 Å². The molecule has 0 bridgehead atoms. The molecule has 0 aromatic carbocycles. The first-order chi connectivity index (χ1) is 21.0. The molecule has 0 radical (unpaired) electrons. The van der Waals surface area contributed by atoms with Gasteiger partial charge in [0, 0.05) is 32.3 Å². The molecule has 0 aliphatic carbocycles. The number of nitrogens with one attached hydrogen (secondary N) is 1. The van der Waals surface area contributed by atoms with Crippen LogP contribution in [0.4, 0.5) is 0 Å². The molecule has 0 spiro atoms. The third-order valence-corrected chi connectivity index (χ3v) is 9.29. The molecule has 1 aromatic heterocycles. The van der Waals surface area contributed by atoms with E-state index in [2.05, 4.69) is 24.1 Å². The zero-order chi connectivity index (χ0) is 33.6. The van der Waals surface area contributed by atoms with Gasteiger partial charge in [-0.2, -0.15) is 0 Å². The summed E-state index contributed by atoms with van der Waals surface area (Å²) in [5.74, 6) is 0.0850. The third-order valence-electron chi connectivity index (χ3n) is 9.29. The molecule has 2 aliphatic rings. The number of hydrogen-bond donors (Lipinski definition) is 1. The molecule has 10 heteroatoms. The summed E-state index contributed by atoms with van der Waals surface area (Å²) < 4.78 is 5.40. The van der Waals surface area contributed by atoms with Gasteiger partial charge in [0.1, 0.15) is 17.8 Å². The Balaban J connectivity index is 1.77. The standard InChI is InChI=1S/C35H57N5O5/c1-23(2)29(21-25(5)32(42)40-19-13-17-28(40)33(43)37(9)22-26-15-14-20-45-26)38(10)34(44)30(35(6,7)8)36-31(41)27-16-11-12-18-39(27)24(3)4/h14-15,20-21,23-24,27-30H,11-13,16-19,22H2,1-10H3,(H,36,41)/b25-21+/t27?,28-,29+,30+/m0/s1. The van der Waals surface area contributed by atoms with E-state index in [1.54, 1.807) is 48.0 Å². The Kier molecular flexibility index (Phi) is 12.5. The highest BCUT2D eigenvalue weighted by Gasteiger charge is 2.41. The largest absolute Gasteiger partial charge is 0.467 e. The van der Waals surface area contributed by atoms with E-state index in [1.807, 2.05) is 46.8 Å². The summed E-state index contributed by atoms with van der Waals surface area (Å²) in [6.07, 6.45) is 7.62. The van der Waals surface area contributed by atoms with Gasteiger partial charge < -0.3 is 24.4 Å². The van der Waals surface area contributed by atoms with E-state index in [-0.39, 0.29) is 47.7 Å². The van der Waals surface area contributed by atoms with Crippen molar-refractivity contribution in [1.29, 1.82) is 0 Å².